The van der Waals surface area contributed by atoms with E-state index in [0.29, 0.717) is 0 Å². The second kappa shape index (κ2) is 3.47. The van der Waals surface area contributed by atoms with Crippen LogP contribution in [-0.4, -0.2) is 12.5 Å². The molecule has 86 valence electrons. The van der Waals surface area contributed by atoms with Gasteiger partial charge in [-0.3, -0.25) is 0 Å². The number of rotatable bonds is 1. The van der Waals surface area contributed by atoms with E-state index in [1.165, 1.54) is 21.8 Å². The van der Waals surface area contributed by atoms with Crippen LogP contribution in [0.3, 0.4) is 0 Å². The molecule has 2 aromatic carbocycles. The van der Waals surface area contributed by atoms with E-state index in [-0.39, 0.29) is 0 Å². The fourth-order valence-electron chi connectivity index (χ4n) is 2.65. The van der Waals surface area contributed by atoms with Gasteiger partial charge in [0, 0.05) is 21.8 Å². The molecule has 0 unspecified atom stereocenters. The molecule has 0 fully saturated rings. The second-order valence-corrected chi connectivity index (χ2v) is 10.3. The van der Waals surface area contributed by atoms with Gasteiger partial charge in [0.15, 0.2) is 8.24 Å². The minimum atomic E-state index is -1.39. The number of para-hydroxylation sites is 2. The molecule has 0 bridgehead atoms. The zero-order valence-electron chi connectivity index (χ0n) is 10.6. The molecule has 0 saturated carbocycles. The van der Waals surface area contributed by atoms with Crippen molar-refractivity contribution in [3.63, 3.8) is 0 Å². The summed E-state index contributed by atoms with van der Waals surface area (Å²) in [7, 11) is -1.39. The van der Waals surface area contributed by atoms with Gasteiger partial charge < -0.3 is 4.23 Å². The summed E-state index contributed by atoms with van der Waals surface area (Å²) < 4.78 is 2.57. The Balaban J connectivity index is 2.60. The summed E-state index contributed by atoms with van der Waals surface area (Å²) in [4.78, 5) is 0. The maximum Gasteiger partial charge on any atom is 0.153 e. The standard InChI is InChI=1S/C15H17NSi/c1-17(2,3)16-14-10-6-4-8-12(14)13-9-5-7-11-15(13)16/h4-11H,1-3H3. The zero-order chi connectivity index (χ0) is 12.0. The number of fused-ring (bicyclic) bond motifs is 3. The highest BCUT2D eigenvalue weighted by Crippen LogP contribution is 2.31. The van der Waals surface area contributed by atoms with Gasteiger partial charge in [0.1, 0.15) is 0 Å². The van der Waals surface area contributed by atoms with E-state index in [9.17, 15) is 0 Å². The molecule has 1 nitrogen and oxygen atoms in total. The number of hydrogen-bond donors (Lipinski definition) is 0. The van der Waals surface area contributed by atoms with Crippen LogP contribution in [0.4, 0.5) is 0 Å². The average Bonchev–Trinajstić information content (AvgIpc) is 2.63. The van der Waals surface area contributed by atoms with Gasteiger partial charge >= 0.3 is 0 Å². The van der Waals surface area contributed by atoms with E-state index >= 15 is 0 Å². The Morgan fingerprint density at radius 2 is 1.12 bits per heavy atom. The first kappa shape index (κ1) is 10.6. The molecule has 17 heavy (non-hydrogen) atoms. The largest absolute Gasteiger partial charge is 0.368 e. The predicted molar refractivity (Wildman–Crippen MR) is 78.2 cm³/mol. The van der Waals surface area contributed by atoms with E-state index in [1.807, 2.05) is 0 Å². The number of benzene rings is 2. The highest BCUT2D eigenvalue weighted by atomic mass is 28.3. The lowest BCUT2D eigenvalue weighted by Gasteiger charge is -2.21. The van der Waals surface area contributed by atoms with Gasteiger partial charge in [0.05, 0.1) is 0 Å². The summed E-state index contributed by atoms with van der Waals surface area (Å²) in [6, 6.07) is 17.5. The van der Waals surface area contributed by atoms with Gasteiger partial charge in [-0.05, 0) is 12.1 Å². The lowest BCUT2D eigenvalue weighted by atomic mass is 10.2. The fraction of sp³-hybridized carbons (Fsp3) is 0.200. The van der Waals surface area contributed by atoms with Crippen molar-refractivity contribution in [1.82, 2.24) is 4.23 Å². The number of aromatic nitrogens is 1. The average molecular weight is 239 g/mol. The monoisotopic (exact) mass is 239 g/mol. The Kier molecular flexibility index (Phi) is 2.17. The molecular formula is C15H17NSi. The Morgan fingerprint density at radius 1 is 0.706 bits per heavy atom. The van der Waals surface area contributed by atoms with E-state index in [0.717, 1.165) is 0 Å². The van der Waals surface area contributed by atoms with Crippen molar-refractivity contribution < 1.29 is 0 Å². The highest BCUT2D eigenvalue weighted by Gasteiger charge is 2.21. The summed E-state index contributed by atoms with van der Waals surface area (Å²) in [5, 5.41) is 2.76. The SMILES string of the molecule is C[Si](C)(C)n1c2ccccc2c2ccccc21. The molecule has 0 N–H and O–H groups in total. The summed E-state index contributed by atoms with van der Waals surface area (Å²) in [5.74, 6) is 0. The number of nitrogens with zero attached hydrogens (tertiary/aromatic N) is 1. The van der Waals surface area contributed by atoms with Crippen molar-refractivity contribution in [2.45, 2.75) is 19.6 Å². The van der Waals surface area contributed by atoms with Crippen molar-refractivity contribution in [2.75, 3.05) is 0 Å². The van der Waals surface area contributed by atoms with Crippen LogP contribution in [0, 0.1) is 0 Å². The van der Waals surface area contributed by atoms with Crippen LogP contribution in [0.15, 0.2) is 48.5 Å². The quantitative estimate of drug-likeness (QED) is 0.552. The normalized spacial score (nSPS) is 12.4. The van der Waals surface area contributed by atoms with Crippen LogP contribution >= 0.6 is 0 Å². The molecule has 3 aromatic rings. The van der Waals surface area contributed by atoms with Gasteiger partial charge in [0.2, 0.25) is 0 Å². The molecule has 0 amide bonds. The van der Waals surface area contributed by atoms with Crippen LogP contribution in [0.1, 0.15) is 0 Å². The molecule has 0 aliphatic heterocycles. The minimum absolute atomic E-state index is 1.38. The first-order chi connectivity index (χ1) is 8.09. The summed E-state index contributed by atoms with van der Waals surface area (Å²) in [5.41, 5.74) is 2.76. The molecule has 2 heteroatoms. The van der Waals surface area contributed by atoms with E-state index in [2.05, 4.69) is 72.4 Å². The van der Waals surface area contributed by atoms with Crippen molar-refractivity contribution in [2.24, 2.45) is 0 Å². The lowest BCUT2D eigenvalue weighted by Crippen LogP contribution is -2.31. The minimum Gasteiger partial charge on any atom is -0.368 e. The number of hydrogen-bond acceptors (Lipinski definition) is 0. The molecule has 3 rings (SSSR count). The Morgan fingerprint density at radius 3 is 1.53 bits per heavy atom. The molecule has 0 aliphatic rings. The highest BCUT2D eigenvalue weighted by molar-refractivity contribution is 6.76. The van der Waals surface area contributed by atoms with Crippen LogP contribution < -0.4 is 0 Å². The molecule has 0 atom stereocenters. The first-order valence-electron chi connectivity index (χ1n) is 6.08. The van der Waals surface area contributed by atoms with E-state index in [1.54, 1.807) is 0 Å². The third-order valence-electron chi connectivity index (χ3n) is 3.25. The van der Waals surface area contributed by atoms with E-state index in [4.69, 9.17) is 0 Å². The fourth-order valence-corrected chi connectivity index (χ4v) is 4.48. The van der Waals surface area contributed by atoms with Crippen molar-refractivity contribution in [3.8, 4) is 0 Å². The molecule has 1 heterocycles. The van der Waals surface area contributed by atoms with Crippen molar-refractivity contribution in [3.05, 3.63) is 48.5 Å². The maximum atomic E-state index is 2.57. The molecule has 0 aliphatic carbocycles. The molecule has 0 spiro atoms. The molecule has 0 saturated heterocycles. The first-order valence-corrected chi connectivity index (χ1v) is 9.52. The predicted octanol–water partition coefficient (Wildman–Crippen LogP) is 4.48. The van der Waals surface area contributed by atoms with Crippen LogP contribution in [0.2, 0.25) is 19.6 Å². The van der Waals surface area contributed by atoms with Crippen molar-refractivity contribution in [1.29, 1.82) is 0 Å². The van der Waals surface area contributed by atoms with Crippen LogP contribution in [-0.2, 0) is 0 Å². The zero-order valence-corrected chi connectivity index (χ0v) is 11.6. The summed E-state index contributed by atoms with van der Waals surface area (Å²) >= 11 is 0. The van der Waals surface area contributed by atoms with Crippen LogP contribution in [0.25, 0.3) is 21.8 Å². The summed E-state index contributed by atoms with van der Waals surface area (Å²) in [6.45, 7) is 7.18. The van der Waals surface area contributed by atoms with E-state index < -0.39 is 8.24 Å². The molecular weight excluding hydrogens is 222 g/mol. The molecule has 1 aromatic heterocycles. The van der Waals surface area contributed by atoms with Crippen molar-refractivity contribution >= 4 is 30.0 Å². The molecule has 0 radical (unpaired) electrons. The van der Waals surface area contributed by atoms with Gasteiger partial charge in [-0.2, -0.15) is 0 Å². The van der Waals surface area contributed by atoms with Gasteiger partial charge in [0.25, 0.3) is 0 Å². The van der Waals surface area contributed by atoms with Gasteiger partial charge in [-0.25, -0.2) is 0 Å². The Labute approximate surface area is 103 Å². The summed E-state index contributed by atoms with van der Waals surface area (Å²) in [6.07, 6.45) is 0. The second-order valence-electron chi connectivity index (χ2n) is 5.54. The third kappa shape index (κ3) is 1.52. The Bertz CT molecular complexity index is 636. The smallest absolute Gasteiger partial charge is 0.153 e. The van der Waals surface area contributed by atoms with Gasteiger partial charge in [-0.1, -0.05) is 56.0 Å². The van der Waals surface area contributed by atoms with Crippen LogP contribution in [0.5, 0.6) is 0 Å². The maximum absolute atomic E-state index is 2.57. The van der Waals surface area contributed by atoms with Gasteiger partial charge in [-0.15, -0.1) is 0 Å². The topological polar surface area (TPSA) is 4.93 Å². The third-order valence-corrected chi connectivity index (χ3v) is 5.07. The lowest BCUT2D eigenvalue weighted by molar-refractivity contribution is 1.26. The Hall–Kier alpha value is -1.54.